The van der Waals surface area contributed by atoms with E-state index < -0.39 is 0 Å². The SMILES string of the molecule is C=CC(=O)N(C)c1ccc(C(=O)NC2CNC(=O)CC23CCC3)cc1. The topological polar surface area (TPSA) is 78.5 Å². The maximum Gasteiger partial charge on any atom is 0.251 e. The Morgan fingerprint density at radius 2 is 2.00 bits per heavy atom. The normalized spacial score (nSPS) is 21.0. The lowest BCUT2D eigenvalue weighted by molar-refractivity contribution is -0.129. The van der Waals surface area contributed by atoms with Crippen molar-refractivity contribution in [3.63, 3.8) is 0 Å². The Morgan fingerprint density at radius 3 is 2.56 bits per heavy atom. The molecule has 1 aromatic rings. The van der Waals surface area contributed by atoms with Gasteiger partial charge in [0.2, 0.25) is 11.8 Å². The number of nitrogens with one attached hydrogen (secondary N) is 2. The van der Waals surface area contributed by atoms with E-state index in [2.05, 4.69) is 17.2 Å². The van der Waals surface area contributed by atoms with Gasteiger partial charge in [-0.1, -0.05) is 13.0 Å². The Kier molecular flexibility index (Phi) is 4.61. The molecule has 0 bridgehead atoms. The lowest BCUT2D eigenvalue weighted by Gasteiger charge is -2.50. The monoisotopic (exact) mass is 341 g/mol. The maximum atomic E-state index is 12.6. The summed E-state index contributed by atoms with van der Waals surface area (Å²) in [6.45, 7) is 3.95. The zero-order valence-electron chi connectivity index (χ0n) is 14.4. The third-order valence-corrected chi connectivity index (χ3v) is 5.43. The second-order valence-electron chi connectivity index (χ2n) is 6.87. The summed E-state index contributed by atoms with van der Waals surface area (Å²) in [5.74, 6) is -0.289. The van der Waals surface area contributed by atoms with Crippen LogP contribution in [0.2, 0.25) is 0 Å². The van der Waals surface area contributed by atoms with Crippen molar-refractivity contribution in [2.24, 2.45) is 5.41 Å². The van der Waals surface area contributed by atoms with E-state index in [9.17, 15) is 14.4 Å². The Hall–Kier alpha value is -2.63. The van der Waals surface area contributed by atoms with E-state index in [1.165, 1.54) is 11.0 Å². The van der Waals surface area contributed by atoms with Gasteiger partial charge in [-0.3, -0.25) is 14.4 Å². The van der Waals surface area contributed by atoms with Gasteiger partial charge in [-0.15, -0.1) is 0 Å². The number of nitrogens with zero attached hydrogens (tertiary/aromatic N) is 1. The molecule has 1 saturated heterocycles. The quantitative estimate of drug-likeness (QED) is 0.817. The van der Waals surface area contributed by atoms with Gasteiger partial charge in [0.15, 0.2) is 0 Å². The van der Waals surface area contributed by atoms with Crippen LogP contribution in [0, 0.1) is 5.41 Å². The van der Waals surface area contributed by atoms with Gasteiger partial charge in [-0.2, -0.15) is 0 Å². The number of hydrogen-bond acceptors (Lipinski definition) is 3. The first-order valence-electron chi connectivity index (χ1n) is 8.53. The predicted molar refractivity (Wildman–Crippen MR) is 95.2 cm³/mol. The summed E-state index contributed by atoms with van der Waals surface area (Å²) < 4.78 is 0. The van der Waals surface area contributed by atoms with Gasteiger partial charge in [0.1, 0.15) is 0 Å². The van der Waals surface area contributed by atoms with E-state index in [1.54, 1.807) is 31.3 Å². The van der Waals surface area contributed by atoms with E-state index in [1.807, 2.05) is 0 Å². The largest absolute Gasteiger partial charge is 0.354 e. The Morgan fingerprint density at radius 1 is 1.32 bits per heavy atom. The van der Waals surface area contributed by atoms with E-state index in [4.69, 9.17) is 0 Å². The first-order valence-corrected chi connectivity index (χ1v) is 8.53. The molecule has 1 atom stereocenters. The summed E-state index contributed by atoms with van der Waals surface area (Å²) in [7, 11) is 1.66. The molecule has 132 valence electrons. The second kappa shape index (κ2) is 6.70. The van der Waals surface area contributed by atoms with Crippen LogP contribution in [-0.4, -0.2) is 37.4 Å². The summed E-state index contributed by atoms with van der Waals surface area (Å²) >= 11 is 0. The van der Waals surface area contributed by atoms with Crippen molar-refractivity contribution in [3.8, 4) is 0 Å². The lowest BCUT2D eigenvalue weighted by atomic mass is 9.60. The molecule has 3 rings (SSSR count). The summed E-state index contributed by atoms with van der Waals surface area (Å²) in [6, 6.07) is 6.84. The highest BCUT2D eigenvalue weighted by Gasteiger charge is 2.48. The molecule has 2 aliphatic rings. The number of carbonyl (C=O) groups excluding carboxylic acids is 3. The highest BCUT2D eigenvalue weighted by molar-refractivity contribution is 6.01. The zero-order valence-corrected chi connectivity index (χ0v) is 14.4. The molecule has 25 heavy (non-hydrogen) atoms. The molecule has 2 N–H and O–H groups in total. The van der Waals surface area contributed by atoms with Crippen LogP contribution in [0.4, 0.5) is 5.69 Å². The molecule has 1 aromatic carbocycles. The van der Waals surface area contributed by atoms with Crippen LogP contribution in [0.1, 0.15) is 36.0 Å². The summed E-state index contributed by atoms with van der Waals surface area (Å²) in [6.07, 6.45) is 4.82. The maximum absolute atomic E-state index is 12.6. The molecule has 1 spiro atoms. The number of likely N-dealkylation sites (N-methyl/N-ethyl adjacent to an activating group) is 1. The minimum atomic E-state index is -0.206. The molecule has 1 heterocycles. The van der Waals surface area contributed by atoms with E-state index in [0.717, 1.165) is 19.3 Å². The van der Waals surface area contributed by atoms with Crippen LogP contribution in [0.15, 0.2) is 36.9 Å². The lowest BCUT2D eigenvalue weighted by Crippen LogP contribution is -2.61. The zero-order chi connectivity index (χ0) is 18.0. The van der Waals surface area contributed by atoms with Crippen LogP contribution in [-0.2, 0) is 9.59 Å². The number of rotatable bonds is 4. The number of amides is 3. The van der Waals surface area contributed by atoms with Crippen molar-refractivity contribution >= 4 is 23.4 Å². The second-order valence-corrected chi connectivity index (χ2v) is 6.87. The highest BCUT2D eigenvalue weighted by atomic mass is 16.2. The van der Waals surface area contributed by atoms with Crippen molar-refractivity contribution in [1.82, 2.24) is 10.6 Å². The fourth-order valence-corrected chi connectivity index (χ4v) is 3.64. The first-order chi connectivity index (χ1) is 11.9. The molecule has 0 radical (unpaired) electrons. The molecular weight excluding hydrogens is 318 g/mol. The molecule has 0 aromatic heterocycles. The first kappa shape index (κ1) is 17.2. The number of benzene rings is 1. The Bertz CT molecular complexity index is 707. The minimum Gasteiger partial charge on any atom is -0.354 e. The van der Waals surface area contributed by atoms with Crippen LogP contribution in [0.25, 0.3) is 0 Å². The molecule has 6 heteroatoms. The average Bonchev–Trinajstić information content (AvgIpc) is 2.60. The molecular formula is C19H23N3O3. The van der Waals surface area contributed by atoms with Gasteiger partial charge < -0.3 is 15.5 Å². The molecule has 3 amide bonds. The molecule has 1 aliphatic heterocycles. The fourth-order valence-electron chi connectivity index (χ4n) is 3.64. The van der Waals surface area contributed by atoms with E-state index in [0.29, 0.717) is 24.2 Å². The minimum absolute atomic E-state index is 0.0313. The molecule has 6 nitrogen and oxygen atoms in total. The van der Waals surface area contributed by atoms with Crippen molar-refractivity contribution in [2.75, 3.05) is 18.5 Å². The van der Waals surface area contributed by atoms with Crippen molar-refractivity contribution in [3.05, 3.63) is 42.5 Å². The van der Waals surface area contributed by atoms with Crippen LogP contribution < -0.4 is 15.5 Å². The van der Waals surface area contributed by atoms with Crippen molar-refractivity contribution in [1.29, 1.82) is 0 Å². The number of anilines is 1. The summed E-state index contributed by atoms with van der Waals surface area (Å²) in [5, 5.41) is 5.93. The van der Waals surface area contributed by atoms with Gasteiger partial charge in [-0.05, 0) is 43.2 Å². The van der Waals surface area contributed by atoms with E-state index >= 15 is 0 Å². The Balaban J connectivity index is 1.68. The van der Waals surface area contributed by atoms with Crippen molar-refractivity contribution < 1.29 is 14.4 Å². The summed E-state index contributed by atoms with van der Waals surface area (Å²) in [4.78, 5) is 37.4. The standard InChI is InChI=1S/C19H23N3O3/c1-3-17(24)22(2)14-7-5-13(6-8-14)18(25)21-15-12-20-16(23)11-19(15)9-4-10-19/h3,5-8,15H,1,4,9-12H2,2H3,(H,20,23)(H,21,25). The highest BCUT2D eigenvalue weighted by Crippen LogP contribution is 2.48. The number of carbonyl (C=O) groups is 3. The molecule has 1 saturated carbocycles. The van der Waals surface area contributed by atoms with Gasteiger partial charge in [0.25, 0.3) is 5.91 Å². The van der Waals surface area contributed by atoms with Gasteiger partial charge in [0.05, 0.1) is 6.04 Å². The Labute approximate surface area is 147 Å². The number of hydrogen-bond donors (Lipinski definition) is 2. The van der Waals surface area contributed by atoms with Crippen LogP contribution >= 0.6 is 0 Å². The molecule has 1 aliphatic carbocycles. The van der Waals surface area contributed by atoms with Crippen LogP contribution in [0.5, 0.6) is 0 Å². The van der Waals surface area contributed by atoms with Gasteiger partial charge in [0, 0.05) is 36.7 Å². The van der Waals surface area contributed by atoms with E-state index in [-0.39, 0.29) is 29.2 Å². The average molecular weight is 341 g/mol. The third-order valence-electron chi connectivity index (χ3n) is 5.43. The molecule has 2 fully saturated rings. The number of piperidine rings is 1. The predicted octanol–water partition coefficient (Wildman–Crippen LogP) is 1.62. The molecule has 1 unspecified atom stereocenters. The van der Waals surface area contributed by atoms with Crippen molar-refractivity contribution in [2.45, 2.75) is 31.7 Å². The fraction of sp³-hybridized carbons (Fsp3) is 0.421. The van der Waals surface area contributed by atoms with Gasteiger partial charge in [-0.25, -0.2) is 0 Å². The third kappa shape index (κ3) is 3.29. The summed E-state index contributed by atoms with van der Waals surface area (Å²) in [5.41, 5.74) is 1.16. The smallest absolute Gasteiger partial charge is 0.251 e. The van der Waals surface area contributed by atoms with Crippen LogP contribution in [0.3, 0.4) is 0 Å². The van der Waals surface area contributed by atoms with Gasteiger partial charge >= 0.3 is 0 Å².